The molecular weight excluding hydrogens is 250 g/mol. The van der Waals surface area contributed by atoms with E-state index in [0.29, 0.717) is 13.2 Å². The van der Waals surface area contributed by atoms with Crippen LogP contribution in [0.3, 0.4) is 0 Å². The van der Waals surface area contributed by atoms with Gasteiger partial charge in [0.25, 0.3) is 0 Å². The first-order chi connectivity index (χ1) is 9.74. The molecule has 0 aliphatic heterocycles. The molecule has 0 aliphatic rings. The predicted molar refractivity (Wildman–Crippen MR) is 81.3 cm³/mol. The van der Waals surface area contributed by atoms with Gasteiger partial charge in [-0.3, -0.25) is 0 Å². The maximum Gasteiger partial charge on any atom is 0.120 e. The molecule has 0 bridgehead atoms. The zero-order valence-electron chi connectivity index (χ0n) is 12.1. The summed E-state index contributed by atoms with van der Waals surface area (Å²) in [4.78, 5) is 2.09. The SMILES string of the molecule is CN(C)CCOc1ccc(OCc2ccccc2)cc1. The van der Waals surface area contributed by atoms with Crippen molar-refractivity contribution in [3.63, 3.8) is 0 Å². The third-order valence-corrected chi connectivity index (χ3v) is 2.88. The highest BCUT2D eigenvalue weighted by Gasteiger charge is 1.98. The van der Waals surface area contributed by atoms with Crippen molar-refractivity contribution in [3.05, 3.63) is 60.2 Å². The summed E-state index contributed by atoms with van der Waals surface area (Å²) >= 11 is 0. The van der Waals surface area contributed by atoms with Crippen LogP contribution in [0.5, 0.6) is 11.5 Å². The molecule has 0 aliphatic carbocycles. The van der Waals surface area contributed by atoms with Crippen LogP contribution in [-0.4, -0.2) is 32.1 Å². The molecule has 0 N–H and O–H groups in total. The van der Waals surface area contributed by atoms with E-state index in [2.05, 4.69) is 17.0 Å². The van der Waals surface area contributed by atoms with Crippen molar-refractivity contribution < 1.29 is 9.47 Å². The molecule has 0 spiro atoms. The van der Waals surface area contributed by atoms with Gasteiger partial charge in [-0.2, -0.15) is 0 Å². The van der Waals surface area contributed by atoms with Gasteiger partial charge in [-0.1, -0.05) is 30.3 Å². The topological polar surface area (TPSA) is 21.7 Å². The molecule has 0 saturated heterocycles. The van der Waals surface area contributed by atoms with Crippen molar-refractivity contribution in [3.8, 4) is 11.5 Å². The van der Waals surface area contributed by atoms with E-state index < -0.39 is 0 Å². The Morgan fingerprint density at radius 1 is 0.800 bits per heavy atom. The van der Waals surface area contributed by atoms with E-state index >= 15 is 0 Å². The fraction of sp³-hybridized carbons (Fsp3) is 0.294. The molecule has 0 saturated carbocycles. The standard InChI is InChI=1S/C17H21NO2/c1-18(2)12-13-19-16-8-10-17(11-9-16)20-14-15-6-4-3-5-7-15/h3-11H,12-14H2,1-2H3. The minimum Gasteiger partial charge on any atom is -0.492 e. The van der Waals surface area contributed by atoms with Crippen LogP contribution in [0.15, 0.2) is 54.6 Å². The van der Waals surface area contributed by atoms with E-state index in [0.717, 1.165) is 18.0 Å². The molecule has 3 nitrogen and oxygen atoms in total. The maximum atomic E-state index is 5.73. The van der Waals surface area contributed by atoms with E-state index in [1.54, 1.807) is 0 Å². The molecule has 0 aromatic heterocycles. The Kier molecular flexibility index (Phi) is 5.44. The first-order valence-electron chi connectivity index (χ1n) is 6.78. The van der Waals surface area contributed by atoms with Crippen LogP contribution in [0.25, 0.3) is 0 Å². The number of benzene rings is 2. The lowest BCUT2D eigenvalue weighted by molar-refractivity contribution is 0.260. The molecule has 0 fully saturated rings. The van der Waals surface area contributed by atoms with Gasteiger partial charge < -0.3 is 14.4 Å². The Labute approximate surface area is 120 Å². The number of ether oxygens (including phenoxy) is 2. The lowest BCUT2D eigenvalue weighted by Gasteiger charge is -2.11. The summed E-state index contributed by atoms with van der Waals surface area (Å²) in [6.07, 6.45) is 0. The molecule has 0 amide bonds. The molecule has 0 heterocycles. The van der Waals surface area contributed by atoms with Crippen molar-refractivity contribution in [2.75, 3.05) is 27.2 Å². The minimum atomic E-state index is 0.585. The van der Waals surface area contributed by atoms with E-state index in [1.807, 2.05) is 56.6 Å². The molecule has 20 heavy (non-hydrogen) atoms. The third-order valence-electron chi connectivity index (χ3n) is 2.88. The molecule has 3 heteroatoms. The third kappa shape index (κ3) is 4.94. The highest BCUT2D eigenvalue weighted by Crippen LogP contribution is 2.18. The Morgan fingerprint density at radius 3 is 2.00 bits per heavy atom. The molecule has 0 unspecified atom stereocenters. The Bertz CT molecular complexity index is 494. The van der Waals surface area contributed by atoms with E-state index in [4.69, 9.17) is 9.47 Å². The molecule has 0 atom stereocenters. The fourth-order valence-electron chi connectivity index (χ4n) is 1.72. The summed E-state index contributed by atoms with van der Waals surface area (Å²) in [6.45, 7) is 2.19. The number of nitrogens with zero attached hydrogens (tertiary/aromatic N) is 1. The highest BCUT2D eigenvalue weighted by molar-refractivity contribution is 5.31. The number of hydrogen-bond acceptors (Lipinski definition) is 3. The lowest BCUT2D eigenvalue weighted by atomic mass is 10.2. The molecule has 2 aromatic rings. The summed E-state index contributed by atoms with van der Waals surface area (Å²) in [5.41, 5.74) is 1.17. The van der Waals surface area contributed by atoms with E-state index in [9.17, 15) is 0 Å². The quantitative estimate of drug-likeness (QED) is 0.772. The second-order valence-corrected chi connectivity index (χ2v) is 4.90. The maximum absolute atomic E-state index is 5.73. The van der Waals surface area contributed by atoms with Gasteiger partial charge in [0.15, 0.2) is 0 Å². The minimum absolute atomic E-state index is 0.585. The lowest BCUT2D eigenvalue weighted by Crippen LogP contribution is -2.19. The Balaban J connectivity index is 1.79. The average molecular weight is 271 g/mol. The monoisotopic (exact) mass is 271 g/mol. The van der Waals surface area contributed by atoms with E-state index in [-0.39, 0.29) is 0 Å². The van der Waals surface area contributed by atoms with E-state index in [1.165, 1.54) is 5.56 Å². The van der Waals surface area contributed by atoms with Gasteiger partial charge in [0.2, 0.25) is 0 Å². The first kappa shape index (κ1) is 14.4. The van der Waals surface area contributed by atoms with Crippen LogP contribution >= 0.6 is 0 Å². The largest absolute Gasteiger partial charge is 0.492 e. The summed E-state index contributed by atoms with van der Waals surface area (Å²) in [5.74, 6) is 1.73. The van der Waals surface area contributed by atoms with Crippen molar-refractivity contribution in [1.82, 2.24) is 4.90 Å². The Hall–Kier alpha value is -2.00. The first-order valence-corrected chi connectivity index (χ1v) is 6.78. The number of rotatable bonds is 7. The molecule has 106 valence electrons. The van der Waals surface area contributed by atoms with Gasteiger partial charge >= 0.3 is 0 Å². The fourth-order valence-corrected chi connectivity index (χ4v) is 1.72. The van der Waals surface area contributed by atoms with Crippen LogP contribution in [0.1, 0.15) is 5.56 Å². The summed E-state index contributed by atoms with van der Waals surface area (Å²) in [7, 11) is 4.06. The molecular formula is C17H21NO2. The summed E-state index contributed by atoms with van der Waals surface area (Å²) < 4.78 is 11.4. The van der Waals surface area contributed by atoms with Crippen molar-refractivity contribution in [1.29, 1.82) is 0 Å². The number of hydrogen-bond donors (Lipinski definition) is 0. The van der Waals surface area contributed by atoms with Gasteiger partial charge in [-0.15, -0.1) is 0 Å². The van der Waals surface area contributed by atoms with Gasteiger partial charge in [-0.25, -0.2) is 0 Å². The van der Waals surface area contributed by atoms with Gasteiger partial charge in [-0.05, 0) is 43.9 Å². The molecule has 2 aromatic carbocycles. The predicted octanol–water partition coefficient (Wildman–Crippen LogP) is 3.21. The highest BCUT2D eigenvalue weighted by atomic mass is 16.5. The zero-order chi connectivity index (χ0) is 14.2. The molecule has 0 radical (unpaired) electrons. The normalized spacial score (nSPS) is 10.6. The van der Waals surface area contributed by atoms with Crippen LogP contribution in [-0.2, 0) is 6.61 Å². The van der Waals surface area contributed by atoms with Gasteiger partial charge in [0, 0.05) is 6.54 Å². The van der Waals surface area contributed by atoms with Crippen LogP contribution < -0.4 is 9.47 Å². The van der Waals surface area contributed by atoms with Gasteiger partial charge in [0.1, 0.15) is 24.7 Å². The smallest absolute Gasteiger partial charge is 0.120 e. The van der Waals surface area contributed by atoms with Crippen LogP contribution in [0.2, 0.25) is 0 Å². The van der Waals surface area contributed by atoms with Crippen LogP contribution in [0.4, 0.5) is 0 Å². The Morgan fingerprint density at radius 2 is 1.40 bits per heavy atom. The number of likely N-dealkylation sites (N-methyl/N-ethyl adjacent to an activating group) is 1. The van der Waals surface area contributed by atoms with Crippen LogP contribution in [0, 0.1) is 0 Å². The van der Waals surface area contributed by atoms with Gasteiger partial charge in [0.05, 0.1) is 0 Å². The summed E-state index contributed by atoms with van der Waals surface area (Å²) in [6, 6.07) is 17.9. The van der Waals surface area contributed by atoms with Crippen molar-refractivity contribution >= 4 is 0 Å². The van der Waals surface area contributed by atoms with Crippen molar-refractivity contribution in [2.45, 2.75) is 6.61 Å². The molecule has 2 rings (SSSR count). The summed E-state index contributed by atoms with van der Waals surface area (Å²) in [5, 5.41) is 0. The van der Waals surface area contributed by atoms with Crippen molar-refractivity contribution in [2.24, 2.45) is 0 Å². The second kappa shape index (κ2) is 7.56. The second-order valence-electron chi connectivity index (χ2n) is 4.90. The zero-order valence-corrected chi connectivity index (χ0v) is 12.1. The average Bonchev–Trinajstić information content (AvgIpc) is 2.47.